The fourth-order valence-electron chi connectivity index (χ4n) is 3.68. The summed E-state index contributed by atoms with van der Waals surface area (Å²) < 4.78 is 15.7. The summed E-state index contributed by atoms with van der Waals surface area (Å²) in [6, 6.07) is 18.4. The number of benzene rings is 3. The van der Waals surface area contributed by atoms with E-state index in [1.165, 1.54) is 36.4 Å². The molecule has 0 radical (unpaired) electrons. The van der Waals surface area contributed by atoms with Crippen LogP contribution in [0.15, 0.2) is 72.8 Å². The van der Waals surface area contributed by atoms with Gasteiger partial charge in [0.25, 0.3) is 0 Å². The van der Waals surface area contributed by atoms with Crippen molar-refractivity contribution >= 4 is 17.9 Å². The van der Waals surface area contributed by atoms with Crippen LogP contribution < -0.4 is 16.0 Å². The first-order valence-electron chi connectivity index (χ1n) is 13.2. The van der Waals surface area contributed by atoms with Crippen LogP contribution in [0.25, 0.3) is 0 Å². The molecule has 0 aromatic heterocycles. The van der Waals surface area contributed by atoms with Crippen molar-refractivity contribution in [1.29, 1.82) is 0 Å². The highest BCUT2D eigenvalue weighted by Crippen LogP contribution is 2.12. The van der Waals surface area contributed by atoms with Crippen LogP contribution in [-0.2, 0) is 47.9 Å². The Labute approximate surface area is 243 Å². The number of hydrogen-bond acceptors (Lipinski definition) is 12. The van der Waals surface area contributed by atoms with Gasteiger partial charge >= 0.3 is 17.9 Å². The zero-order valence-electron chi connectivity index (χ0n) is 23.0. The van der Waals surface area contributed by atoms with Crippen molar-refractivity contribution in [3.8, 4) is 17.2 Å². The molecule has 0 saturated heterocycles. The Morgan fingerprint density at radius 2 is 0.833 bits per heavy atom. The average Bonchev–Trinajstić information content (AvgIpc) is 2.96. The van der Waals surface area contributed by atoms with Crippen LogP contribution in [-0.4, -0.2) is 72.6 Å². The van der Waals surface area contributed by atoms with E-state index in [-0.39, 0.29) is 62.7 Å². The summed E-state index contributed by atoms with van der Waals surface area (Å²) in [5.74, 6) is -1.02. The number of phenolic OH excluding ortho intramolecular Hbond substituents is 3. The fourth-order valence-corrected chi connectivity index (χ4v) is 3.68. The third-order valence-corrected chi connectivity index (χ3v) is 5.91. The lowest BCUT2D eigenvalue weighted by atomic mass is 10.1. The maximum Gasteiger partial charge on any atom is 0.311 e. The summed E-state index contributed by atoms with van der Waals surface area (Å²) in [5.41, 5.74) is 2.10. The van der Waals surface area contributed by atoms with Gasteiger partial charge in [0.1, 0.15) is 37.4 Å². The van der Waals surface area contributed by atoms with E-state index in [0.29, 0.717) is 29.8 Å². The Morgan fingerprint density at radius 1 is 0.524 bits per heavy atom. The molecule has 3 rings (SSSR count). The van der Waals surface area contributed by atoms with Crippen molar-refractivity contribution in [2.75, 3.05) is 33.3 Å². The first-order valence-corrected chi connectivity index (χ1v) is 13.2. The van der Waals surface area contributed by atoms with Crippen molar-refractivity contribution in [2.24, 2.45) is 0 Å². The summed E-state index contributed by atoms with van der Waals surface area (Å²) in [6.45, 7) is 0.424. The average molecular weight is 582 g/mol. The molecule has 12 heteroatoms. The van der Waals surface area contributed by atoms with E-state index >= 15 is 0 Å². The van der Waals surface area contributed by atoms with Gasteiger partial charge in [0.2, 0.25) is 0 Å². The third kappa shape index (κ3) is 12.7. The largest absolute Gasteiger partial charge is 0.508 e. The summed E-state index contributed by atoms with van der Waals surface area (Å²) in [4.78, 5) is 36.4. The number of phenols is 3. The van der Waals surface area contributed by atoms with Crippen molar-refractivity contribution in [3.63, 3.8) is 0 Å². The normalized spacial score (nSPS) is 10.8. The van der Waals surface area contributed by atoms with Crippen LogP contribution in [0, 0.1) is 0 Å². The van der Waals surface area contributed by atoms with Crippen LogP contribution in [0.3, 0.4) is 0 Å². The topological polar surface area (TPSA) is 176 Å². The number of esters is 3. The predicted octanol–water partition coefficient (Wildman–Crippen LogP) is 1.47. The second-order valence-electron chi connectivity index (χ2n) is 9.32. The molecule has 0 amide bonds. The van der Waals surface area contributed by atoms with Crippen molar-refractivity contribution in [3.05, 3.63) is 89.5 Å². The molecule has 0 atom stereocenters. The lowest BCUT2D eigenvalue weighted by molar-refractivity contribution is -0.145. The molecule has 0 saturated carbocycles. The number of nitrogens with one attached hydrogen (secondary N) is 3. The molecule has 0 aliphatic carbocycles. The van der Waals surface area contributed by atoms with Gasteiger partial charge in [0.15, 0.2) is 0 Å². The van der Waals surface area contributed by atoms with Crippen molar-refractivity contribution in [2.45, 2.75) is 25.3 Å². The first kappa shape index (κ1) is 31.9. The van der Waals surface area contributed by atoms with Gasteiger partial charge < -0.3 is 29.5 Å². The van der Waals surface area contributed by atoms with Gasteiger partial charge in [-0.25, -0.2) is 0 Å². The molecule has 0 heterocycles. The summed E-state index contributed by atoms with van der Waals surface area (Å²) in [7, 11) is 0. The molecule has 0 spiro atoms. The van der Waals surface area contributed by atoms with E-state index in [9.17, 15) is 29.7 Å². The second-order valence-corrected chi connectivity index (χ2v) is 9.32. The van der Waals surface area contributed by atoms with Crippen molar-refractivity contribution in [1.82, 2.24) is 16.0 Å². The van der Waals surface area contributed by atoms with E-state index in [1.807, 2.05) is 0 Å². The monoisotopic (exact) mass is 581 g/mol. The lowest BCUT2D eigenvalue weighted by Crippen LogP contribution is -2.47. The third-order valence-electron chi connectivity index (χ3n) is 5.91. The number of carbonyl (C=O) groups is 3. The van der Waals surface area contributed by atoms with E-state index in [2.05, 4.69) is 16.0 Å². The molecule has 12 nitrogen and oxygen atoms in total. The van der Waals surface area contributed by atoms with Crippen LogP contribution in [0.1, 0.15) is 16.7 Å². The minimum Gasteiger partial charge on any atom is -0.508 e. The highest BCUT2D eigenvalue weighted by Gasteiger charge is 2.12. The molecule has 0 fully saturated rings. The summed E-state index contributed by atoms with van der Waals surface area (Å²) >= 11 is 0. The zero-order chi connectivity index (χ0) is 30.2. The van der Waals surface area contributed by atoms with Gasteiger partial charge in [-0.15, -0.1) is 0 Å². The molecular formula is C30H35N3O9. The number of carbonyl (C=O) groups excluding carboxylic acids is 3. The predicted molar refractivity (Wildman–Crippen MR) is 151 cm³/mol. The van der Waals surface area contributed by atoms with Crippen LogP contribution in [0.2, 0.25) is 0 Å². The Hall–Kier alpha value is -4.65. The number of rotatable bonds is 17. The SMILES string of the molecule is O=C(Cc1ccc(O)cc1)OCNCC(CNCOC(=O)Cc1ccc(O)cc1)NCOC(=O)Cc1ccc(O)cc1. The first-order chi connectivity index (χ1) is 20.3. The zero-order valence-corrected chi connectivity index (χ0v) is 23.0. The fraction of sp³-hybridized carbons (Fsp3) is 0.300. The van der Waals surface area contributed by atoms with E-state index in [0.717, 1.165) is 0 Å². The Kier molecular flexibility index (Phi) is 13.1. The van der Waals surface area contributed by atoms with Gasteiger partial charge in [0.05, 0.1) is 19.3 Å². The molecule has 3 aromatic carbocycles. The smallest absolute Gasteiger partial charge is 0.311 e. The molecule has 0 aliphatic rings. The molecule has 0 bridgehead atoms. The van der Waals surface area contributed by atoms with Gasteiger partial charge in [-0.3, -0.25) is 30.3 Å². The van der Waals surface area contributed by atoms with E-state index < -0.39 is 17.9 Å². The van der Waals surface area contributed by atoms with Crippen LogP contribution in [0.4, 0.5) is 0 Å². The Balaban J connectivity index is 1.40. The molecule has 6 N–H and O–H groups in total. The maximum atomic E-state index is 12.2. The molecule has 42 heavy (non-hydrogen) atoms. The number of ether oxygens (including phenoxy) is 3. The maximum absolute atomic E-state index is 12.2. The molecule has 224 valence electrons. The lowest BCUT2D eigenvalue weighted by Gasteiger charge is -2.20. The van der Waals surface area contributed by atoms with Crippen LogP contribution >= 0.6 is 0 Å². The Bertz CT molecular complexity index is 1200. The van der Waals surface area contributed by atoms with Crippen LogP contribution in [0.5, 0.6) is 17.2 Å². The van der Waals surface area contributed by atoms with E-state index in [1.54, 1.807) is 36.4 Å². The number of hydrogen-bond donors (Lipinski definition) is 6. The molecular weight excluding hydrogens is 546 g/mol. The highest BCUT2D eigenvalue weighted by atomic mass is 16.5. The van der Waals surface area contributed by atoms with Crippen molar-refractivity contribution < 1.29 is 43.9 Å². The van der Waals surface area contributed by atoms with E-state index in [4.69, 9.17) is 14.2 Å². The second kappa shape index (κ2) is 17.2. The minimum absolute atomic E-state index is 0.0388. The Morgan fingerprint density at radius 3 is 1.17 bits per heavy atom. The highest BCUT2D eigenvalue weighted by molar-refractivity contribution is 5.73. The molecule has 0 aliphatic heterocycles. The van der Waals surface area contributed by atoms with Gasteiger partial charge in [-0.2, -0.15) is 0 Å². The molecule has 0 unspecified atom stereocenters. The van der Waals surface area contributed by atoms with Gasteiger partial charge in [0, 0.05) is 19.1 Å². The summed E-state index contributed by atoms with van der Waals surface area (Å²) in [5, 5.41) is 37.2. The quantitative estimate of drug-likeness (QED) is 0.0587. The minimum atomic E-state index is -0.459. The van der Waals surface area contributed by atoms with Gasteiger partial charge in [-0.1, -0.05) is 36.4 Å². The van der Waals surface area contributed by atoms with Gasteiger partial charge in [-0.05, 0) is 53.1 Å². The standard InChI is InChI=1S/C30H35N3O9/c34-25-7-1-21(2-8-25)13-28(37)40-18-31-16-24(33-20-42-30(39)15-23-5-11-27(36)12-6-23)17-32-19-41-29(38)14-22-3-9-26(35)10-4-22/h1-12,24,31-36H,13-20H2. The summed E-state index contributed by atoms with van der Waals surface area (Å²) in [6.07, 6.45) is 0.145. The molecule has 3 aromatic rings. The number of aromatic hydroxyl groups is 3.